The number of aliphatic hydroxyl groups is 1. The molecular weight excluding hydrogens is 260 g/mol. The Labute approximate surface area is 98.8 Å². The lowest BCUT2D eigenvalue weighted by molar-refractivity contribution is -0.170. The Morgan fingerprint density at radius 3 is 1.11 bits per heavy atom. The number of carboxylic acids is 3. The monoisotopic (exact) mass is 272 g/mol. The summed E-state index contributed by atoms with van der Waals surface area (Å²) in [6.07, 6.45) is -4.12. The average molecular weight is 272 g/mol. The summed E-state index contributed by atoms with van der Waals surface area (Å²) in [6, 6.07) is 0. The lowest BCUT2D eigenvalue weighted by Gasteiger charge is -2.18. The Morgan fingerprint density at radius 2 is 1.00 bits per heavy atom. The average Bonchev–Trinajstić information content (AvgIpc) is 1.98. The van der Waals surface area contributed by atoms with Crippen molar-refractivity contribution in [3.8, 4) is 0 Å². The quantitative estimate of drug-likeness (QED) is 0.327. The molecule has 0 spiro atoms. The lowest BCUT2D eigenvalue weighted by atomic mass is 9.96. The van der Waals surface area contributed by atoms with Crippen molar-refractivity contribution in [1.82, 2.24) is 0 Å². The number of carboxylic acid groups (broad SMARTS) is 5. The van der Waals surface area contributed by atoms with Crippen LogP contribution in [0.1, 0.15) is 12.8 Å². The highest BCUT2D eigenvalue weighted by molar-refractivity contribution is 5.88. The van der Waals surface area contributed by atoms with E-state index in [9.17, 15) is 14.4 Å². The Bertz CT molecular complexity index is 299. The van der Waals surface area contributed by atoms with Crippen molar-refractivity contribution in [3.63, 3.8) is 0 Å². The fourth-order valence-electron chi connectivity index (χ4n) is 0.714. The molecule has 0 atom stereocenters. The highest BCUT2D eigenvalue weighted by Crippen LogP contribution is 2.15. The molecule has 0 radical (unpaired) electrons. The van der Waals surface area contributed by atoms with Crippen LogP contribution in [-0.4, -0.2) is 65.8 Å². The van der Waals surface area contributed by atoms with E-state index < -0.39 is 42.5 Å². The molecule has 0 aliphatic heterocycles. The van der Waals surface area contributed by atoms with Crippen LogP contribution >= 0.6 is 0 Å². The van der Waals surface area contributed by atoms with Crippen LogP contribution in [0.5, 0.6) is 0 Å². The molecule has 0 unspecified atom stereocenters. The van der Waals surface area contributed by atoms with Crippen LogP contribution in [0.2, 0.25) is 0 Å². The van der Waals surface area contributed by atoms with Crippen molar-refractivity contribution >= 4 is 24.1 Å². The van der Waals surface area contributed by atoms with Gasteiger partial charge in [-0.2, -0.15) is 0 Å². The van der Waals surface area contributed by atoms with Gasteiger partial charge in [0.25, 0.3) is 0 Å². The van der Waals surface area contributed by atoms with E-state index >= 15 is 0 Å². The summed E-state index contributed by atoms with van der Waals surface area (Å²) in [5.41, 5.74) is -2.74. The zero-order chi connectivity index (χ0) is 14.2. The molecule has 0 aromatic carbocycles. The summed E-state index contributed by atoms with van der Waals surface area (Å²) >= 11 is 0. The Morgan fingerprint density at radius 1 is 0.778 bits per heavy atom. The van der Waals surface area contributed by atoms with Gasteiger partial charge in [0.1, 0.15) is 0 Å². The van der Waals surface area contributed by atoms with Gasteiger partial charge in [0.15, 0.2) is 5.60 Å². The number of aliphatic carboxylic acids is 3. The molecular formula is C7H12O11. The summed E-state index contributed by atoms with van der Waals surface area (Å²) in [7, 11) is 0. The highest BCUT2D eigenvalue weighted by atomic mass is 16.6. The van der Waals surface area contributed by atoms with Crippen LogP contribution < -0.4 is 0 Å². The highest BCUT2D eigenvalue weighted by Gasteiger charge is 2.40. The van der Waals surface area contributed by atoms with Gasteiger partial charge in [-0.3, -0.25) is 9.59 Å². The second-order valence-corrected chi connectivity index (χ2v) is 2.76. The molecule has 0 aromatic rings. The summed E-state index contributed by atoms with van der Waals surface area (Å²) in [5.74, 6) is -5.02. The topological polar surface area (TPSA) is 221 Å². The molecule has 0 rings (SSSR count). The molecule has 0 amide bonds. The maximum atomic E-state index is 10.3. The Balaban J connectivity index is -0.000000392. The number of rotatable bonds is 5. The molecule has 8 N–H and O–H groups in total. The van der Waals surface area contributed by atoms with E-state index in [2.05, 4.69) is 0 Å². The van der Waals surface area contributed by atoms with Crippen LogP contribution in [0.25, 0.3) is 0 Å². The first kappa shape index (κ1) is 20.9. The maximum Gasteiger partial charge on any atom is 0.503 e. The van der Waals surface area contributed by atoms with E-state index in [4.69, 9.17) is 35.4 Å². The predicted octanol–water partition coefficient (Wildman–Crippen LogP) is -1.85. The van der Waals surface area contributed by atoms with Gasteiger partial charge >= 0.3 is 24.1 Å². The van der Waals surface area contributed by atoms with Crippen molar-refractivity contribution in [1.29, 1.82) is 0 Å². The number of hydrogen-bond donors (Lipinski definition) is 6. The summed E-state index contributed by atoms with van der Waals surface area (Å²) < 4.78 is 0. The minimum Gasteiger partial charge on any atom is -0.481 e. The summed E-state index contributed by atoms with van der Waals surface area (Å²) in [6.45, 7) is 0. The zero-order valence-corrected chi connectivity index (χ0v) is 8.73. The molecule has 0 aliphatic rings. The minimum atomic E-state index is -2.74. The van der Waals surface area contributed by atoms with Gasteiger partial charge < -0.3 is 36.1 Å². The van der Waals surface area contributed by atoms with Crippen molar-refractivity contribution in [2.24, 2.45) is 0 Å². The number of hydrogen-bond acceptors (Lipinski definition) is 5. The Hall–Kier alpha value is -2.40. The van der Waals surface area contributed by atoms with Gasteiger partial charge in [0.05, 0.1) is 12.8 Å². The van der Waals surface area contributed by atoms with E-state index in [-0.39, 0.29) is 5.48 Å². The molecule has 18 heavy (non-hydrogen) atoms. The van der Waals surface area contributed by atoms with Crippen molar-refractivity contribution < 1.29 is 55.3 Å². The van der Waals surface area contributed by atoms with Crippen molar-refractivity contribution in [2.45, 2.75) is 18.4 Å². The van der Waals surface area contributed by atoms with Gasteiger partial charge in [-0.15, -0.1) is 0 Å². The van der Waals surface area contributed by atoms with Gasteiger partial charge in [0, 0.05) is 0 Å². The van der Waals surface area contributed by atoms with Crippen molar-refractivity contribution in [3.05, 3.63) is 0 Å². The predicted molar refractivity (Wildman–Crippen MR) is 51.4 cm³/mol. The van der Waals surface area contributed by atoms with Gasteiger partial charge in [-0.05, 0) is 0 Å². The first-order valence-corrected chi connectivity index (χ1v) is 3.82. The molecule has 106 valence electrons. The third-order valence-electron chi connectivity index (χ3n) is 1.29. The van der Waals surface area contributed by atoms with E-state index in [0.29, 0.717) is 0 Å². The second-order valence-electron chi connectivity index (χ2n) is 2.76. The minimum absolute atomic E-state index is 0. The zero-order valence-electron chi connectivity index (χ0n) is 8.73. The van der Waals surface area contributed by atoms with Gasteiger partial charge in [0.2, 0.25) is 0 Å². The SMILES string of the molecule is O.O=C(O)CC(O)(CC(=O)O)C(=O)O.O=C(O)O. The molecule has 0 fully saturated rings. The fourth-order valence-corrected chi connectivity index (χ4v) is 0.714. The Kier molecular flexibility index (Phi) is 10.1. The normalized spacial score (nSPS) is 9.17. The molecule has 0 bridgehead atoms. The van der Waals surface area contributed by atoms with Gasteiger partial charge in [-0.1, -0.05) is 0 Å². The standard InChI is InChI=1S/C6H8O7.CH2O3.H2O/c7-3(8)1-6(13,5(11)12)2-4(9)10;2-1(3)4;/h13H,1-2H2,(H,7,8)(H,9,10)(H,11,12);(H2,2,3,4);1H2. The molecule has 0 heterocycles. The van der Waals surface area contributed by atoms with Crippen molar-refractivity contribution in [2.75, 3.05) is 0 Å². The fraction of sp³-hybridized carbons (Fsp3) is 0.429. The molecule has 0 saturated carbocycles. The van der Waals surface area contributed by atoms with E-state index in [0.717, 1.165) is 0 Å². The summed E-state index contributed by atoms with van der Waals surface area (Å²) in [5, 5.41) is 47.8. The third kappa shape index (κ3) is 11.7. The molecule has 11 heteroatoms. The first-order chi connectivity index (χ1) is 7.51. The van der Waals surface area contributed by atoms with Crippen LogP contribution in [0.3, 0.4) is 0 Å². The largest absolute Gasteiger partial charge is 0.503 e. The number of carbonyl (C=O) groups is 4. The van der Waals surface area contributed by atoms with E-state index in [1.807, 2.05) is 0 Å². The maximum absolute atomic E-state index is 10.3. The van der Waals surface area contributed by atoms with Crippen LogP contribution in [0, 0.1) is 0 Å². The van der Waals surface area contributed by atoms with Crippen LogP contribution in [-0.2, 0) is 14.4 Å². The van der Waals surface area contributed by atoms with E-state index in [1.165, 1.54) is 0 Å². The lowest BCUT2D eigenvalue weighted by Crippen LogP contribution is -2.42. The van der Waals surface area contributed by atoms with Gasteiger partial charge in [-0.25, -0.2) is 9.59 Å². The van der Waals surface area contributed by atoms with E-state index in [1.54, 1.807) is 0 Å². The first-order valence-electron chi connectivity index (χ1n) is 3.82. The smallest absolute Gasteiger partial charge is 0.481 e. The third-order valence-corrected chi connectivity index (χ3v) is 1.29. The molecule has 11 nitrogen and oxygen atoms in total. The molecule has 0 aromatic heterocycles. The molecule has 0 aliphatic carbocycles. The second kappa shape index (κ2) is 8.72. The van der Waals surface area contributed by atoms with Crippen LogP contribution in [0.15, 0.2) is 0 Å². The van der Waals surface area contributed by atoms with Crippen LogP contribution in [0.4, 0.5) is 4.79 Å². The molecule has 0 saturated heterocycles. The summed E-state index contributed by atoms with van der Waals surface area (Å²) in [4.78, 5) is 39.0.